The molecule has 6 heteroatoms. The van der Waals surface area contributed by atoms with E-state index >= 15 is 0 Å². The van der Waals surface area contributed by atoms with Crippen molar-refractivity contribution in [1.82, 2.24) is 4.57 Å². The number of fused-ring (bicyclic) bond motifs is 1. The maximum Gasteiger partial charge on any atom is 0.267 e. The number of carbonyl (C=O) groups is 2. The Morgan fingerprint density at radius 2 is 1.65 bits per heavy atom. The van der Waals surface area contributed by atoms with E-state index in [1.54, 1.807) is 53.1 Å². The molecule has 162 valence electrons. The molecule has 0 unspecified atom stereocenters. The molecule has 6 nitrogen and oxygen atoms in total. The van der Waals surface area contributed by atoms with Crippen molar-refractivity contribution in [1.29, 1.82) is 0 Å². The molecule has 0 bridgehead atoms. The van der Waals surface area contributed by atoms with Crippen LogP contribution in [0.15, 0.2) is 53.3 Å². The van der Waals surface area contributed by atoms with Crippen molar-refractivity contribution < 1.29 is 14.7 Å². The van der Waals surface area contributed by atoms with E-state index in [-0.39, 0.29) is 17.1 Å². The monoisotopic (exact) mass is 420 g/mol. The van der Waals surface area contributed by atoms with Crippen molar-refractivity contribution in [2.45, 2.75) is 52.5 Å². The lowest BCUT2D eigenvalue weighted by Gasteiger charge is -2.15. The molecule has 31 heavy (non-hydrogen) atoms. The Labute approximate surface area is 181 Å². The predicted octanol–water partition coefficient (Wildman–Crippen LogP) is 5.13. The van der Waals surface area contributed by atoms with Crippen LogP contribution in [0, 0.1) is 0 Å². The topological polar surface area (TPSA) is 88.4 Å². The third kappa shape index (κ3) is 4.85. The first-order valence-electron chi connectivity index (χ1n) is 10.8. The molecule has 2 aromatic carbocycles. The van der Waals surface area contributed by atoms with E-state index in [0.717, 1.165) is 25.7 Å². The third-order valence-electron chi connectivity index (χ3n) is 5.33. The summed E-state index contributed by atoms with van der Waals surface area (Å²) in [7, 11) is 0. The minimum Gasteiger partial charge on any atom is -0.506 e. The first-order chi connectivity index (χ1) is 15.0. The van der Waals surface area contributed by atoms with Gasteiger partial charge in [0.15, 0.2) is 5.78 Å². The van der Waals surface area contributed by atoms with Crippen LogP contribution in [0.5, 0.6) is 5.75 Å². The number of Topliss-reactive ketones (excluding diaryl/α,β-unsaturated/α-hetero) is 1. The standard InChI is InChI=1S/C25H28N2O4/c1-3-5-11-21(28)17-12-14-18(15-13-17)26-24(30)22-23(29)19-9-7-8-10-20(19)27(25(22)31)16-6-4-2/h7-10,12-15,29H,3-6,11,16H2,1-2H3,(H,26,30). The number of hydrogen-bond donors (Lipinski definition) is 2. The zero-order chi connectivity index (χ0) is 22.4. The Morgan fingerprint density at radius 3 is 2.32 bits per heavy atom. The summed E-state index contributed by atoms with van der Waals surface area (Å²) in [6.07, 6.45) is 3.95. The molecule has 0 aliphatic heterocycles. The summed E-state index contributed by atoms with van der Waals surface area (Å²) in [5.74, 6) is -0.938. The minimum absolute atomic E-state index is 0.0608. The summed E-state index contributed by atoms with van der Waals surface area (Å²) < 4.78 is 1.54. The fourth-order valence-electron chi connectivity index (χ4n) is 3.55. The molecule has 1 amide bonds. The Morgan fingerprint density at radius 1 is 0.968 bits per heavy atom. The molecule has 0 saturated carbocycles. The molecule has 0 fully saturated rings. The first kappa shape index (κ1) is 22.3. The summed E-state index contributed by atoms with van der Waals surface area (Å²) >= 11 is 0. The van der Waals surface area contributed by atoms with E-state index in [4.69, 9.17) is 0 Å². The van der Waals surface area contributed by atoms with Gasteiger partial charge < -0.3 is 15.0 Å². The van der Waals surface area contributed by atoms with Gasteiger partial charge >= 0.3 is 0 Å². The number of hydrogen-bond acceptors (Lipinski definition) is 4. The van der Waals surface area contributed by atoms with Gasteiger partial charge in [0.05, 0.1) is 5.52 Å². The van der Waals surface area contributed by atoms with Crippen molar-refractivity contribution in [2.75, 3.05) is 5.32 Å². The fraction of sp³-hybridized carbons (Fsp3) is 0.320. The fourth-order valence-corrected chi connectivity index (χ4v) is 3.55. The van der Waals surface area contributed by atoms with Crippen molar-refractivity contribution in [2.24, 2.45) is 0 Å². The van der Waals surface area contributed by atoms with Crippen LogP contribution in [0.4, 0.5) is 5.69 Å². The van der Waals surface area contributed by atoms with E-state index in [1.807, 2.05) is 13.8 Å². The van der Waals surface area contributed by atoms with E-state index in [2.05, 4.69) is 5.32 Å². The second-order valence-electron chi connectivity index (χ2n) is 7.61. The summed E-state index contributed by atoms with van der Waals surface area (Å²) in [5, 5.41) is 13.8. The first-order valence-corrected chi connectivity index (χ1v) is 10.8. The molecular formula is C25H28N2O4. The highest BCUT2D eigenvalue weighted by molar-refractivity contribution is 6.09. The van der Waals surface area contributed by atoms with Crippen LogP contribution in [0.25, 0.3) is 10.9 Å². The van der Waals surface area contributed by atoms with Crippen molar-refractivity contribution in [3.8, 4) is 5.75 Å². The van der Waals surface area contributed by atoms with Crippen LogP contribution in [-0.4, -0.2) is 21.4 Å². The Hall–Kier alpha value is -3.41. The quantitative estimate of drug-likeness (QED) is 0.470. The number of carbonyl (C=O) groups excluding carboxylic acids is 2. The highest BCUT2D eigenvalue weighted by Crippen LogP contribution is 2.27. The van der Waals surface area contributed by atoms with E-state index in [0.29, 0.717) is 35.1 Å². The van der Waals surface area contributed by atoms with Crippen LogP contribution >= 0.6 is 0 Å². The van der Waals surface area contributed by atoms with Gasteiger partial charge in [-0.1, -0.05) is 38.8 Å². The summed E-state index contributed by atoms with van der Waals surface area (Å²) in [5.41, 5.74) is 0.836. The molecule has 0 spiro atoms. The van der Waals surface area contributed by atoms with Crippen LogP contribution in [0.2, 0.25) is 0 Å². The lowest BCUT2D eigenvalue weighted by Crippen LogP contribution is -2.30. The molecule has 0 radical (unpaired) electrons. The molecule has 0 saturated heterocycles. The zero-order valence-electron chi connectivity index (χ0n) is 18.0. The normalized spacial score (nSPS) is 10.9. The highest BCUT2D eigenvalue weighted by Gasteiger charge is 2.22. The maximum atomic E-state index is 13.1. The second kappa shape index (κ2) is 10.1. The number of unbranched alkanes of at least 4 members (excludes halogenated alkanes) is 2. The van der Waals surface area contributed by atoms with Gasteiger partial charge in [-0.05, 0) is 49.2 Å². The number of anilines is 1. The van der Waals surface area contributed by atoms with E-state index in [9.17, 15) is 19.5 Å². The van der Waals surface area contributed by atoms with Gasteiger partial charge in [-0.15, -0.1) is 0 Å². The van der Waals surface area contributed by atoms with Crippen LogP contribution in [0.3, 0.4) is 0 Å². The zero-order valence-corrected chi connectivity index (χ0v) is 18.0. The Bertz CT molecular complexity index is 1150. The number of pyridine rings is 1. The number of benzene rings is 2. The lowest BCUT2D eigenvalue weighted by atomic mass is 10.1. The summed E-state index contributed by atoms with van der Waals surface area (Å²) in [6, 6.07) is 13.6. The molecule has 0 aliphatic carbocycles. The smallest absolute Gasteiger partial charge is 0.267 e. The number of para-hydroxylation sites is 1. The Kier molecular flexibility index (Phi) is 7.23. The van der Waals surface area contributed by atoms with Gasteiger partial charge in [0.25, 0.3) is 11.5 Å². The highest BCUT2D eigenvalue weighted by atomic mass is 16.3. The number of aromatic nitrogens is 1. The Balaban J connectivity index is 1.92. The SMILES string of the molecule is CCCCC(=O)c1ccc(NC(=O)c2c(O)c3ccccc3n(CCCC)c2=O)cc1. The van der Waals surface area contributed by atoms with Crippen LogP contribution in [0.1, 0.15) is 66.7 Å². The number of aromatic hydroxyl groups is 1. The number of aryl methyl sites for hydroxylation is 1. The van der Waals surface area contributed by atoms with E-state index < -0.39 is 11.5 Å². The van der Waals surface area contributed by atoms with Crippen molar-refractivity contribution >= 4 is 28.3 Å². The lowest BCUT2D eigenvalue weighted by molar-refractivity contribution is 0.0978. The van der Waals surface area contributed by atoms with Crippen LogP contribution < -0.4 is 10.9 Å². The third-order valence-corrected chi connectivity index (χ3v) is 5.33. The molecule has 1 aromatic heterocycles. The molecule has 3 aromatic rings. The van der Waals surface area contributed by atoms with Gasteiger partial charge in [0.2, 0.25) is 0 Å². The molecule has 1 heterocycles. The average Bonchev–Trinajstić information content (AvgIpc) is 2.78. The van der Waals surface area contributed by atoms with Gasteiger partial charge in [-0.3, -0.25) is 14.4 Å². The maximum absolute atomic E-state index is 13.1. The minimum atomic E-state index is -0.677. The van der Waals surface area contributed by atoms with Crippen molar-refractivity contribution in [3.05, 3.63) is 70.0 Å². The average molecular weight is 421 g/mol. The van der Waals surface area contributed by atoms with Gasteiger partial charge in [0.1, 0.15) is 11.3 Å². The largest absolute Gasteiger partial charge is 0.506 e. The molecule has 0 aliphatic rings. The predicted molar refractivity (Wildman–Crippen MR) is 123 cm³/mol. The van der Waals surface area contributed by atoms with Gasteiger partial charge in [-0.25, -0.2) is 0 Å². The summed E-state index contributed by atoms with van der Waals surface area (Å²) in [6.45, 7) is 4.52. The second-order valence-corrected chi connectivity index (χ2v) is 7.61. The molecule has 2 N–H and O–H groups in total. The number of nitrogens with zero attached hydrogens (tertiary/aromatic N) is 1. The summed E-state index contributed by atoms with van der Waals surface area (Å²) in [4.78, 5) is 38.1. The van der Waals surface area contributed by atoms with Gasteiger partial charge in [0, 0.05) is 29.6 Å². The molecular weight excluding hydrogens is 392 g/mol. The molecule has 3 rings (SSSR count). The van der Waals surface area contributed by atoms with Gasteiger partial charge in [-0.2, -0.15) is 0 Å². The number of nitrogens with one attached hydrogen (secondary N) is 1. The number of rotatable bonds is 9. The molecule has 0 atom stereocenters. The number of ketones is 1. The van der Waals surface area contributed by atoms with E-state index in [1.165, 1.54) is 0 Å². The van der Waals surface area contributed by atoms with Crippen molar-refractivity contribution in [3.63, 3.8) is 0 Å². The number of amides is 1. The van der Waals surface area contributed by atoms with Crippen LogP contribution in [-0.2, 0) is 6.54 Å².